The fourth-order valence-corrected chi connectivity index (χ4v) is 2.64. The van der Waals surface area contributed by atoms with E-state index in [9.17, 15) is 4.79 Å². The van der Waals surface area contributed by atoms with Crippen molar-refractivity contribution >= 4 is 17.6 Å². The SMILES string of the molecule is Cc1ccc(CNC(=O)c2ccc(OCc3nsnc3C)cc2)o1. The Bertz CT molecular complexity index is 824. The molecule has 0 spiro atoms. The summed E-state index contributed by atoms with van der Waals surface area (Å²) in [5.41, 5.74) is 2.27. The number of nitrogens with zero attached hydrogens (tertiary/aromatic N) is 2. The van der Waals surface area contributed by atoms with Crippen molar-refractivity contribution in [3.8, 4) is 5.75 Å². The molecule has 2 aromatic heterocycles. The third-order valence-electron chi connectivity index (χ3n) is 3.46. The second-order valence-corrected chi connectivity index (χ2v) is 5.83. The van der Waals surface area contributed by atoms with Gasteiger partial charge in [0, 0.05) is 5.56 Å². The van der Waals surface area contributed by atoms with E-state index in [4.69, 9.17) is 9.15 Å². The summed E-state index contributed by atoms with van der Waals surface area (Å²) < 4.78 is 19.3. The standard InChI is InChI=1S/C17H17N3O3S/c1-11-3-6-15(23-11)9-18-17(21)13-4-7-14(8-5-13)22-10-16-12(2)19-24-20-16/h3-8H,9-10H2,1-2H3,(H,18,21). The Morgan fingerprint density at radius 3 is 2.58 bits per heavy atom. The summed E-state index contributed by atoms with van der Waals surface area (Å²) >= 11 is 1.17. The number of hydrogen-bond donors (Lipinski definition) is 1. The van der Waals surface area contributed by atoms with Crippen molar-refractivity contribution in [2.24, 2.45) is 0 Å². The van der Waals surface area contributed by atoms with E-state index in [1.54, 1.807) is 24.3 Å². The van der Waals surface area contributed by atoms with Crippen LogP contribution in [0.25, 0.3) is 0 Å². The number of carbonyl (C=O) groups is 1. The minimum Gasteiger partial charge on any atom is -0.487 e. The van der Waals surface area contributed by atoms with Gasteiger partial charge < -0.3 is 14.5 Å². The van der Waals surface area contributed by atoms with Gasteiger partial charge in [-0.05, 0) is 50.2 Å². The molecular weight excluding hydrogens is 326 g/mol. The van der Waals surface area contributed by atoms with E-state index in [0.717, 1.165) is 22.9 Å². The van der Waals surface area contributed by atoms with Crippen molar-refractivity contribution in [1.82, 2.24) is 14.1 Å². The maximum atomic E-state index is 12.1. The summed E-state index contributed by atoms with van der Waals surface area (Å²) in [6.45, 7) is 4.50. The van der Waals surface area contributed by atoms with E-state index in [1.807, 2.05) is 26.0 Å². The van der Waals surface area contributed by atoms with Gasteiger partial charge >= 0.3 is 0 Å². The van der Waals surface area contributed by atoms with Gasteiger partial charge in [-0.2, -0.15) is 8.75 Å². The number of benzene rings is 1. The number of furan rings is 1. The smallest absolute Gasteiger partial charge is 0.251 e. The molecule has 7 heteroatoms. The summed E-state index contributed by atoms with van der Waals surface area (Å²) in [6.07, 6.45) is 0. The van der Waals surface area contributed by atoms with Gasteiger partial charge in [-0.3, -0.25) is 4.79 Å². The largest absolute Gasteiger partial charge is 0.487 e. The molecule has 0 unspecified atom stereocenters. The van der Waals surface area contributed by atoms with Crippen LogP contribution in [0.4, 0.5) is 0 Å². The molecule has 0 aliphatic carbocycles. The summed E-state index contributed by atoms with van der Waals surface area (Å²) in [4.78, 5) is 12.1. The van der Waals surface area contributed by atoms with Crippen LogP contribution in [0.2, 0.25) is 0 Å². The highest BCUT2D eigenvalue weighted by Crippen LogP contribution is 2.15. The minimum absolute atomic E-state index is 0.157. The molecule has 0 saturated carbocycles. The van der Waals surface area contributed by atoms with Crippen LogP contribution in [0.1, 0.15) is 33.3 Å². The molecule has 0 aliphatic heterocycles. The average Bonchev–Trinajstić information content (AvgIpc) is 3.19. The number of aryl methyl sites for hydroxylation is 2. The van der Waals surface area contributed by atoms with Crippen LogP contribution in [-0.2, 0) is 13.2 Å². The Morgan fingerprint density at radius 1 is 1.17 bits per heavy atom. The van der Waals surface area contributed by atoms with Crippen LogP contribution in [0.15, 0.2) is 40.8 Å². The molecule has 0 radical (unpaired) electrons. The third-order valence-corrected chi connectivity index (χ3v) is 4.12. The van der Waals surface area contributed by atoms with Gasteiger partial charge in [-0.25, -0.2) is 0 Å². The molecule has 124 valence electrons. The van der Waals surface area contributed by atoms with Crippen LogP contribution in [0, 0.1) is 13.8 Å². The van der Waals surface area contributed by atoms with Crippen LogP contribution in [0.5, 0.6) is 5.75 Å². The Hall–Kier alpha value is -2.67. The molecule has 2 heterocycles. The monoisotopic (exact) mass is 343 g/mol. The van der Waals surface area contributed by atoms with Gasteiger partial charge in [0.1, 0.15) is 29.6 Å². The summed E-state index contributed by atoms with van der Waals surface area (Å²) in [6, 6.07) is 10.7. The van der Waals surface area contributed by atoms with Crippen molar-refractivity contribution in [2.45, 2.75) is 27.0 Å². The molecular formula is C17H17N3O3S. The summed E-state index contributed by atoms with van der Waals surface area (Å²) in [5.74, 6) is 2.08. The lowest BCUT2D eigenvalue weighted by Gasteiger charge is -2.07. The lowest BCUT2D eigenvalue weighted by molar-refractivity contribution is 0.0948. The third kappa shape index (κ3) is 3.99. The van der Waals surface area contributed by atoms with E-state index in [0.29, 0.717) is 24.5 Å². The number of hydrogen-bond acceptors (Lipinski definition) is 6. The Morgan fingerprint density at radius 2 is 1.96 bits per heavy atom. The van der Waals surface area contributed by atoms with Gasteiger partial charge in [-0.15, -0.1) is 0 Å². The highest BCUT2D eigenvalue weighted by Gasteiger charge is 2.08. The normalized spacial score (nSPS) is 10.6. The van der Waals surface area contributed by atoms with Gasteiger partial charge in [0.2, 0.25) is 0 Å². The van der Waals surface area contributed by atoms with Crippen LogP contribution in [0.3, 0.4) is 0 Å². The predicted octanol–water partition coefficient (Wildman–Crippen LogP) is 3.26. The first-order valence-corrected chi connectivity index (χ1v) is 8.19. The lowest BCUT2D eigenvalue weighted by atomic mass is 10.2. The predicted molar refractivity (Wildman–Crippen MR) is 90.0 cm³/mol. The topological polar surface area (TPSA) is 77.2 Å². The maximum Gasteiger partial charge on any atom is 0.251 e. The van der Waals surface area contributed by atoms with E-state index < -0.39 is 0 Å². The minimum atomic E-state index is -0.157. The Kier molecular flexibility index (Phi) is 4.90. The lowest BCUT2D eigenvalue weighted by Crippen LogP contribution is -2.22. The van der Waals surface area contributed by atoms with E-state index in [2.05, 4.69) is 14.1 Å². The van der Waals surface area contributed by atoms with Crippen molar-refractivity contribution in [1.29, 1.82) is 0 Å². The summed E-state index contributed by atoms with van der Waals surface area (Å²) in [7, 11) is 0. The second-order valence-electron chi connectivity index (χ2n) is 5.30. The molecule has 3 rings (SSSR count). The first-order chi connectivity index (χ1) is 11.6. The Balaban J connectivity index is 1.53. The molecule has 1 amide bonds. The number of nitrogens with one attached hydrogen (secondary N) is 1. The number of ether oxygens (including phenoxy) is 1. The first-order valence-electron chi connectivity index (χ1n) is 7.46. The molecule has 1 N–H and O–H groups in total. The van der Waals surface area contributed by atoms with Crippen LogP contribution in [-0.4, -0.2) is 14.7 Å². The van der Waals surface area contributed by atoms with Crippen molar-refractivity contribution in [3.05, 3.63) is 64.9 Å². The van der Waals surface area contributed by atoms with Gasteiger partial charge in [0.15, 0.2) is 0 Å². The molecule has 0 fully saturated rings. The number of carbonyl (C=O) groups excluding carboxylic acids is 1. The summed E-state index contributed by atoms with van der Waals surface area (Å²) in [5, 5.41) is 2.82. The first kappa shape index (κ1) is 16.2. The zero-order valence-corrected chi connectivity index (χ0v) is 14.2. The highest BCUT2D eigenvalue weighted by molar-refractivity contribution is 6.99. The molecule has 0 aliphatic rings. The number of rotatable bonds is 6. The van der Waals surface area contributed by atoms with Crippen LogP contribution < -0.4 is 10.1 Å². The molecule has 1 aromatic carbocycles. The molecule has 0 saturated heterocycles. The van der Waals surface area contributed by atoms with Crippen molar-refractivity contribution in [2.75, 3.05) is 0 Å². The fourth-order valence-electron chi connectivity index (χ4n) is 2.08. The van der Waals surface area contributed by atoms with Gasteiger partial charge in [0.25, 0.3) is 5.91 Å². The van der Waals surface area contributed by atoms with Crippen LogP contribution >= 0.6 is 11.7 Å². The maximum absolute atomic E-state index is 12.1. The van der Waals surface area contributed by atoms with Gasteiger partial charge in [0.05, 0.1) is 24.0 Å². The second kappa shape index (κ2) is 7.27. The number of aromatic nitrogens is 2. The van der Waals surface area contributed by atoms with E-state index in [-0.39, 0.29) is 5.91 Å². The zero-order valence-electron chi connectivity index (χ0n) is 13.4. The fraction of sp³-hybridized carbons (Fsp3) is 0.235. The molecule has 24 heavy (non-hydrogen) atoms. The number of amides is 1. The van der Waals surface area contributed by atoms with Crippen molar-refractivity contribution < 1.29 is 13.9 Å². The zero-order chi connectivity index (χ0) is 16.9. The Labute approximate surface area is 143 Å². The van der Waals surface area contributed by atoms with E-state index in [1.165, 1.54) is 11.7 Å². The quantitative estimate of drug-likeness (QED) is 0.743. The molecule has 6 nitrogen and oxygen atoms in total. The molecule has 0 bridgehead atoms. The van der Waals surface area contributed by atoms with Gasteiger partial charge in [-0.1, -0.05) is 0 Å². The average molecular weight is 343 g/mol. The highest BCUT2D eigenvalue weighted by atomic mass is 32.1. The molecule has 3 aromatic rings. The van der Waals surface area contributed by atoms with E-state index >= 15 is 0 Å². The van der Waals surface area contributed by atoms with Crippen molar-refractivity contribution in [3.63, 3.8) is 0 Å². The molecule has 0 atom stereocenters.